The largest absolute Gasteiger partial charge is 0.306 e. The molecule has 0 radical (unpaired) electrons. The van der Waals surface area contributed by atoms with E-state index in [1.54, 1.807) is 12.1 Å². The summed E-state index contributed by atoms with van der Waals surface area (Å²) >= 11 is 0. The summed E-state index contributed by atoms with van der Waals surface area (Å²) < 4.78 is 15.2. The van der Waals surface area contributed by atoms with Crippen molar-refractivity contribution in [2.75, 3.05) is 11.4 Å². The van der Waals surface area contributed by atoms with Crippen LogP contribution in [0.3, 0.4) is 0 Å². The SMILES string of the molecule is O=C(c1nn(-c2ccc(F)cc2)c2c1CCCC2)N1CCc2ccccc21. The quantitative estimate of drug-likeness (QED) is 0.689. The zero-order valence-corrected chi connectivity index (χ0v) is 15.0. The Morgan fingerprint density at radius 1 is 0.963 bits per heavy atom. The minimum atomic E-state index is -0.273. The maximum atomic E-state index is 13.4. The first-order chi connectivity index (χ1) is 13.2. The molecular formula is C22H20FN3O. The Kier molecular flexibility index (Phi) is 3.81. The van der Waals surface area contributed by atoms with Gasteiger partial charge in [0, 0.05) is 23.5 Å². The first kappa shape index (κ1) is 16.2. The molecule has 0 N–H and O–H groups in total. The molecule has 4 nitrogen and oxygen atoms in total. The van der Waals surface area contributed by atoms with Crippen molar-refractivity contribution < 1.29 is 9.18 Å². The van der Waals surface area contributed by atoms with E-state index in [0.29, 0.717) is 12.2 Å². The zero-order chi connectivity index (χ0) is 18.4. The Morgan fingerprint density at radius 2 is 1.74 bits per heavy atom. The highest BCUT2D eigenvalue weighted by Gasteiger charge is 2.31. The third-order valence-corrected chi connectivity index (χ3v) is 5.59. The van der Waals surface area contributed by atoms with Crippen molar-refractivity contribution in [1.82, 2.24) is 9.78 Å². The van der Waals surface area contributed by atoms with Crippen LogP contribution in [-0.2, 0) is 19.3 Å². The average molecular weight is 361 g/mol. The Labute approximate surface area is 157 Å². The van der Waals surface area contributed by atoms with E-state index in [0.717, 1.165) is 54.7 Å². The van der Waals surface area contributed by atoms with Gasteiger partial charge in [-0.2, -0.15) is 5.10 Å². The third kappa shape index (κ3) is 2.65. The van der Waals surface area contributed by atoms with Crippen molar-refractivity contribution in [2.45, 2.75) is 32.1 Å². The monoisotopic (exact) mass is 361 g/mol. The molecule has 0 bridgehead atoms. The van der Waals surface area contributed by atoms with Crippen molar-refractivity contribution in [3.05, 3.63) is 76.9 Å². The molecule has 1 aliphatic heterocycles. The van der Waals surface area contributed by atoms with Crippen LogP contribution >= 0.6 is 0 Å². The van der Waals surface area contributed by atoms with Gasteiger partial charge in [-0.25, -0.2) is 9.07 Å². The molecule has 2 aromatic carbocycles. The van der Waals surface area contributed by atoms with Crippen LogP contribution in [-0.4, -0.2) is 22.2 Å². The van der Waals surface area contributed by atoms with Crippen LogP contribution in [0.5, 0.6) is 0 Å². The van der Waals surface area contributed by atoms with Gasteiger partial charge in [0.1, 0.15) is 5.82 Å². The number of nitrogens with zero attached hydrogens (tertiary/aromatic N) is 3. The number of para-hydroxylation sites is 1. The predicted octanol–water partition coefficient (Wildman–Crippen LogP) is 4.09. The predicted molar refractivity (Wildman–Crippen MR) is 102 cm³/mol. The number of hydrogen-bond donors (Lipinski definition) is 0. The van der Waals surface area contributed by atoms with Gasteiger partial charge >= 0.3 is 0 Å². The maximum Gasteiger partial charge on any atom is 0.279 e. The van der Waals surface area contributed by atoms with Gasteiger partial charge in [0.15, 0.2) is 5.69 Å². The standard InChI is InChI=1S/C22H20FN3O/c23-16-9-11-17(12-10-16)26-20-8-4-2-6-18(20)21(24-26)22(27)25-14-13-15-5-1-3-7-19(15)25/h1,3,5,7,9-12H,2,4,6,8,13-14H2. The molecule has 3 aromatic rings. The smallest absolute Gasteiger partial charge is 0.279 e. The number of benzene rings is 2. The first-order valence-corrected chi connectivity index (χ1v) is 9.49. The van der Waals surface area contributed by atoms with Crippen LogP contribution in [0, 0.1) is 5.82 Å². The number of anilines is 1. The van der Waals surface area contributed by atoms with E-state index in [1.165, 1.54) is 17.7 Å². The molecule has 5 rings (SSSR count). The van der Waals surface area contributed by atoms with Crippen LogP contribution in [0.15, 0.2) is 48.5 Å². The number of carbonyl (C=O) groups is 1. The van der Waals surface area contributed by atoms with E-state index in [9.17, 15) is 9.18 Å². The topological polar surface area (TPSA) is 38.1 Å². The van der Waals surface area contributed by atoms with Crippen LogP contribution in [0.4, 0.5) is 10.1 Å². The summed E-state index contributed by atoms with van der Waals surface area (Å²) in [5.41, 5.74) is 5.69. The fourth-order valence-electron chi connectivity index (χ4n) is 4.24. The number of amides is 1. The summed E-state index contributed by atoms with van der Waals surface area (Å²) in [5.74, 6) is -0.302. The lowest BCUT2D eigenvalue weighted by molar-refractivity contribution is 0.0983. The first-order valence-electron chi connectivity index (χ1n) is 9.49. The van der Waals surface area contributed by atoms with E-state index >= 15 is 0 Å². The van der Waals surface area contributed by atoms with E-state index < -0.39 is 0 Å². The van der Waals surface area contributed by atoms with Gasteiger partial charge in [-0.05, 0) is 68.0 Å². The number of fused-ring (bicyclic) bond motifs is 2. The Hall–Kier alpha value is -2.95. The van der Waals surface area contributed by atoms with Gasteiger partial charge in [-0.1, -0.05) is 18.2 Å². The molecule has 2 aliphatic rings. The van der Waals surface area contributed by atoms with Crippen LogP contribution in [0.2, 0.25) is 0 Å². The molecule has 0 spiro atoms. The lowest BCUT2D eigenvalue weighted by atomic mass is 9.95. The molecule has 1 aliphatic carbocycles. The van der Waals surface area contributed by atoms with Crippen molar-refractivity contribution in [3.63, 3.8) is 0 Å². The highest BCUT2D eigenvalue weighted by atomic mass is 19.1. The van der Waals surface area contributed by atoms with Gasteiger partial charge in [0.2, 0.25) is 0 Å². The fourth-order valence-corrected chi connectivity index (χ4v) is 4.24. The Balaban J connectivity index is 1.59. The second-order valence-electron chi connectivity index (χ2n) is 7.20. The summed E-state index contributed by atoms with van der Waals surface area (Å²) in [6, 6.07) is 14.4. The minimum Gasteiger partial charge on any atom is -0.306 e. The lowest BCUT2D eigenvalue weighted by Gasteiger charge is -2.18. The third-order valence-electron chi connectivity index (χ3n) is 5.59. The molecule has 0 unspecified atom stereocenters. The Bertz CT molecular complexity index is 1020. The highest BCUT2D eigenvalue weighted by Crippen LogP contribution is 2.32. The van der Waals surface area contributed by atoms with E-state index in [1.807, 2.05) is 27.8 Å². The molecule has 2 heterocycles. The molecule has 1 aromatic heterocycles. The molecule has 0 saturated heterocycles. The van der Waals surface area contributed by atoms with Gasteiger partial charge < -0.3 is 4.90 Å². The maximum absolute atomic E-state index is 13.4. The van der Waals surface area contributed by atoms with Crippen molar-refractivity contribution in [2.24, 2.45) is 0 Å². The van der Waals surface area contributed by atoms with E-state index in [4.69, 9.17) is 5.10 Å². The minimum absolute atomic E-state index is 0.0287. The molecular weight excluding hydrogens is 341 g/mol. The fraction of sp³-hybridized carbons (Fsp3) is 0.273. The van der Waals surface area contributed by atoms with Gasteiger partial charge in [0.05, 0.1) is 5.69 Å². The van der Waals surface area contributed by atoms with Crippen LogP contribution in [0.25, 0.3) is 5.69 Å². The highest BCUT2D eigenvalue weighted by molar-refractivity contribution is 6.07. The lowest BCUT2D eigenvalue weighted by Crippen LogP contribution is -2.30. The molecule has 0 saturated carbocycles. The van der Waals surface area contributed by atoms with Crippen molar-refractivity contribution in [3.8, 4) is 5.69 Å². The molecule has 0 fully saturated rings. The Morgan fingerprint density at radius 3 is 2.59 bits per heavy atom. The summed E-state index contributed by atoms with van der Waals surface area (Å²) in [6.07, 6.45) is 4.79. The van der Waals surface area contributed by atoms with Gasteiger partial charge in [0.25, 0.3) is 5.91 Å². The molecule has 5 heteroatoms. The number of hydrogen-bond acceptors (Lipinski definition) is 2. The van der Waals surface area contributed by atoms with Crippen LogP contribution < -0.4 is 4.90 Å². The number of aromatic nitrogens is 2. The summed E-state index contributed by atoms with van der Waals surface area (Å²) in [4.78, 5) is 15.2. The number of halogens is 1. The van der Waals surface area contributed by atoms with Crippen molar-refractivity contribution >= 4 is 11.6 Å². The zero-order valence-electron chi connectivity index (χ0n) is 15.0. The molecule has 1 amide bonds. The molecule has 0 atom stereocenters. The van der Waals surface area contributed by atoms with E-state index in [2.05, 4.69) is 6.07 Å². The second-order valence-corrected chi connectivity index (χ2v) is 7.20. The summed E-state index contributed by atoms with van der Waals surface area (Å²) in [5, 5.41) is 4.71. The van der Waals surface area contributed by atoms with Crippen molar-refractivity contribution in [1.29, 1.82) is 0 Å². The average Bonchev–Trinajstić information content (AvgIpc) is 3.30. The second kappa shape index (κ2) is 6.34. The summed E-state index contributed by atoms with van der Waals surface area (Å²) in [6.45, 7) is 0.691. The van der Waals surface area contributed by atoms with Gasteiger partial charge in [-0.3, -0.25) is 4.79 Å². The number of carbonyl (C=O) groups excluding carboxylic acids is 1. The normalized spacial score (nSPS) is 15.5. The molecule has 27 heavy (non-hydrogen) atoms. The summed E-state index contributed by atoms with van der Waals surface area (Å²) in [7, 11) is 0. The number of rotatable bonds is 2. The van der Waals surface area contributed by atoms with Crippen LogP contribution in [0.1, 0.15) is 40.2 Å². The van der Waals surface area contributed by atoms with Gasteiger partial charge in [-0.15, -0.1) is 0 Å². The molecule has 136 valence electrons. The van der Waals surface area contributed by atoms with E-state index in [-0.39, 0.29) is 11.7 Å².